The van der Waals surface area contributed by atoms with Gasteiger partial charge < -0.3 is 9.84 Å². The number of aliphatic hydroxyl groups excluding tert-OH is 1. The molecule has 37 heavy (non-hydrogen) atoms. The number of benzene rings is 2. The molecule has 2 aromatic rings. The molecule has 6 heteroatoms. The van der Waals surface area contributed by atoms with Gasteiger partial charge >= 0.3 is 0 Å². The van der Waals surface area contributed by atoms with Crippen LogP contribution in [0.15, 0.2) is 36.9 Å². The van der Waals surface area contributed by atoms with E-state index in [0.29, 0.717) is 36.8 Å². The third kappa shape index (κ3) is 6.21. The van der Waals surface area contributed by atoms with Crippen molar-refractivity contribution in [1.82, 2.24) is 0 Å². The molecule has 2 aliphatic rings. The minimum absolute atomic E-state index is 0.0163. The summed E-state index contributed by atoms with van der Waals surface area (Å²) in [6.45, 7) is 5.34. The highest BCUT2D eigenvalue weighted by atomic mass is 19.2. The van der Waals surface area contributed by atoms with Crippen LogP contribution in [0.5, 0.6) is 5.75 Å². The Morgan fingerprint density at radius 2 is 1.43 bits per heavy atom. The average Bonchev–Trinajstić information content (AvgIpc) is 2.91. The Hall–Kier alpha value is -2.78. The van der Waals surface area contributed by atoms with Crippen molar-refractivity contribution < 1.29 is 27.4 Å². The Bertz CT molecular complexity index is 1160. The molecule has 4 rings (SSSR count). The second kappa shape index (κ2) is 12.2. The number of hydrogen-bond acceptors (Lipinski definition) is 2. The van der Waals surface area contributed by atoms with E-state index in [1.165, 1.54) is 18.2 Å². The summed E-state index contributed by atoms with van der Waals surface area (Å²) >= 11 is 0. The van der Waals surface area contributed by atoms with E-state index in [-0.39, 0.29) is 47.7 Å². The first kappa shape index (κ1) is 27.3. The summed E-state index contributed by atoms with van der Waals surface area (Å²) in [5.74, 6) is 2.09. The van der Waals surface area contributed by atoms with Crippen molar-refractivity contribution in [1.29, 1.82) is 0 Å². The molecule has 1 N–H and O–H groups in total. The van der Waals surface area contributed by atoms with Crippen LogP contribution >= 0.6 is 0 Å². The number of hydrogen-bond donors (Lipinski definition) is 1. The van der Waals surface area contributed by atoms with Gasteiger partial charge in [0.2, 0.25) is 5.82 Å². The van der Waals surface area contributed by atoms with Gasteiger partial charge in [0.25, 0.3) is 0 Å². The van der Waals surface area contributed by atoms with Crippen molar-refractivity contribution in [3.8, 4) is 17.6 Å². The van der Waals surface area contributed by atoms with Crippen molar-refractivity contribution in [2.75, 3.05) is 6.61 Å². The molecule has 1 unspecified atom stereocenters. The SMILES string of the molecule is C=CCOc1ccc(C#CC2CCC(c3ccc(C4CCC(C(C)O)CC4)c(F)c3F)CC2)c(F)c1F. The Balaban J connectivity index is 1.38. The summed E-state index contributed by atoms with van der Waals surface area (Å²) in [7, 11) is 0. The van der Waals surface area contributed by atoms with Crippen LogP contribution in [0.4, 0.5) is 17.6 Å². The molecule has 0 amide bonds. The molecular formula is C31H34F4O2. The lowest BCUT2D eigenvalue weighted by Crippen LogP contribution is -2.23. The summed E-state index contributed by atoms with van der Waals surface area (Å²) < 4.78 is 63.8. The lowest BCUT2D eigenvalue weighted by Gasteiger charge is -2.31. The molecule has 2 fully saturated rings. The highest BCUT2D eigenvalue weighted by Gasteiger charge is 2.30. The molecule has 2 saturated carbocycles. The van der Waals surface area contributed by atoms with Crippen molar-refractivity contribution >= 4 is 0 Å². The fraction of sp³-hybridized carbons (Fsp3) is 0.484. The van der Waals surface area contributed by atoms with E-state index in [0.717, 1.165) is 25.7 Å². The lowest BCUT2D eigenvalue weighted by molar-refractivity contribution is 0.0963. The number of aliphatic hydroxyl groups is 1. The zero-order valence-corrected chi connectivity index (χ0v) is 21.2. The predicted molar refractivity (Wildman–Crippen MR) is 136 cm³/mol. The van der Waals surface area contributed by atoms with Crippen LogP contribution in [0.25, 0.3) is 0 Å². The summed E-state index contributed by atoms with van der Waals surface area (Å²) in [5, 5.41) is 9.80. The van der Waals surface area contributed by atoms with Crippen LogP contribution in [0.1, 0.15) is 86.8 Å². The quantitative estimate of drug-likeness (QED) is 0.242. The van der Waals surface area contributed by atoms with E-state index >= 15 is 8.78 Å². The number of ether oxygens (including phenoxy) is 1. The lowest BCUT2D eigenvalue weighted by atomic mass is 9.75. The van der Waals surface area contributed by atoms with Crippen molar-refractivity contribution in [3.05, 3.63) is 76.9 Å². The van der Waals surface area contributed by atoms with Gasteiger partial charge in [0.1, 0.15) is 6.61 Å². The van der Waals surface area contributed by atoms with Crippen LogP contribution in [-0.2, 0) is 0 Å². The molecular weight excluding hydrogens is 480 g/mol. The smallest absolute Gasteiger partial charge is 0.201 e. The summed E-state index contributed by atoms with van der Waals surface area (Å²) in [5.41, 5.74) is 0.824. The van der Waals surface area contributed by atoms with Crippen molar-refractivity contribution in [2.45, 2.75) is 76.2 Å². The van der Waals surface area contributed by atoms with Gasteiger partial charge in [0.05, 0.1) is 11.7 Å². The molecule has 0 heterocycles. The first-order valence-electron chi connectivity index (χ1n) is 13.2. The maximum Gasteiger partial charge on any atom is 0.201 e. The van der Waals surface area contributed by atoms with E-state index in [9.17, 15) is 13.9 Å². The summed E-state index contributed by atoms with van der Waals surface area (Å²) in [6.07, 6.45) is 6.88. The van der Waals surface area contributed by atoms with Crippen LogP contribution < -0.4 is 4.74 Å². The first-order chi connectivity index (χ1) is 17.8. The van der Waals surface area contributed by atoms with Crippen LogP contribution in [0.2, 0.25) is 0 Å². The second-order valence-corrected chi connectivity index (χ2v) is 10.4. The molecule has 0 spiro atoms. The molecule has 0 aliphatic heterocycles. The monoisotopic (exact) mass is 514 g/mol. The fourth-order valence-electron chi connectivity index (χ4n) is 5.74. The van der Waals surface area contributed by atoms with Crippen LogP contribution in [0, 0.1) is 46.9 Å². The van der Waals surface area contributed by atoms with Gasteiger partial charge in [0, 0.05) is 5.92 Å². The number of halogens is 4. The van der Waals surface area contributed by atoms with Crippen LogP contribution in [-0.4, -0.2) is 17.8 Å². The standard InChI is InChI=1S/C31H34F4O2/c1-3-18-37-27-17-14-24(28(32)31(27)35)9-6-20-4-7-22(8-5-20)25-15-16-26(30(34)29(25)33)23-12-10-21(11-13-23)19(2)36/h3,14-17,19-23,36H,1,4-5,7-8,10-13,18H2,2H3. The van der Waals surface area contributed by atoms with E-state index in [2.05, 4.69) is 18.4 Å². The summed E-state index contributed by atoms with van der Waals surface area (Å²) in [6, 6.07) is 6.22. The van der Waals surface area contributed by atoms with Crippen molar-refractivity contribution in [2.24, 2.45) is 11.8 Å². The predicted octanol–water partition coefficient (Wildman–Crippen LogP) is 7.79. The maximum absolute atomic E-state index is 15.1. The van der Waals surface area contributed by atoms with Gasteiger partial charge in [-0.25, -0.2) is 13.2 Å². The van der Waals surface area contributed by atoms with Gasteiger partial charge in [-0.05, 0) is 99.3 Å². The van der Waals surface area contributed by atoms with Crippen LogP contribution in [0.3, 0.4) is 0 Å². The highest BCUT2D eigenvalue weighted by molar-refractivity contribution is 5.41. The molecule has 198 valence electrons. The third-order valence-electron chi connectivity index (χ3n) is 8.02. The molecule has 0 radical (unpaired) electrons. The normalized spacial score (nSPS) is 24.6. The Labute approximate surface area is 216 Å². The van der Waals surface area contributed by atoms with E-state index < -0.39 is 23.3 Å². The maximum atomic E-state index is 15.1. The minimum Gasteiger partial charge on any atom is -0.486 e. The largest absolute Gasteiger partial charge is 0.486 e. The van der Waals surface area contributed by atoms with Crippen molar-refractivity contribution in [3.63, 3.8) is 0 Å². The van der Waals surface area contributed by atoms with Gasteiger partial charge in [0.15, 0.2) is 23.2 Å². The Kier molecular flexibility index (Phi) is 8.97. The topological polar surface area (TPSA) is 29.5 Å². The van der Waals surface area contributed by atoms with E-state index in [4.69, 9.17) is 4.74 Å². The number of rotatable bonds is 6. The third-order valence-corrected chi connectivity index (χ3v) is 8.02. The van der Waals surface area contributed by atoms with Gasteiger partial charge in [-0.15, -0.1) is 0 Å². The highest BCUT2D eigenvalue weighted by Crippen LogP contribution is 2.41. The Morgan fingerprint density at radius 3 is 1.97 bits per heavy atom. The van der Waals surface area contributed by atoms with Gasteiger partial charge in [-0.1, -0.05) is 36.6 Å². The molecule has 0 aromatic heterocycles. The molecule has 0 saturated heterocycles. The molecule has 2 nitrogen and oxygen atoms in total. The van der Waals surface area contributed by atoms with Gasteiger partial charge in [-0.2, -0.15) is 4.39 Å². The molecule has 1 atom stereocenters. The van der Waals surface area contributed by atoms with E-state index in [1.54, 1.807) is 19.1 Å². The first-order valence-corrected chi connectivity index (χ1v) is 13.2. The van der Waals surface area contributed by atoms with Gasteiger partial charge in [-0.3, -0.25) is 0 Å². The molecule has 2 aromatic carbocycles. The minimum atomic E-state index is -1.07. The average molecular weight is 515 g/mol. The zero-order valence-electron chi connectivity index (χ0n) is 21.2. The fourth-order valence-corrected chi connectivity index (χ4v) is 5.74. The summed E-state index contributed by atoms with van der Waals surface area (Å²) in [4.78, 5) is 0. The zero-order chi connectivity index (χ0) is 26.5. The second-order valence-electron chi connectivity index (χ2n) is 10.4. The molecule has 2 aliphatic carbocycles. The van der Waals surface area contributed by atoms with E-state index in [1.807, 2.05) is 0 Å². The molecule has 0 bridgehead atoms. The Morgan fingerprint density at radius 1 is 0.865 bits per heavy atom.